The molecule has 0 aliphatic carbocycles. The summed E-state index contributed by atoms with van der Waals surface area (Å²) in [4.78, 5) is 27.7. The molecule has 0 bridgehead atoms. The molecule has 0 saturated carbocycles. The van der Waals surface area contributed by atoms with E-state index in [0.29, 0.717) is 12.1 Å². The zero-order valence-corrected chi connectivity index (χ0v) is 16.0. The number of anilines is 2. The second-order valence-corrected chi connectivity index (χ2v) is 7.58. The van der Waals surface area contributed by atoms with Crippen LogP contribution in [0.15, 0.2) is 42.7 Å². The molecule has 1 atom stereocenters. The maximum Gasteiger partial charge on any atom is 0.319 e. The molecule has 0 radical (unpaired) electrons. The Balaban J connectivity index is 2.13. The number of nitrogens with one attached hydrogen (secondary N) is 3. The van der Waals surface area contributed by atoms with Crippen LogP contribution in [0.2, 0.25) is 0 Å². The monoisotopic (exact) mass is 372 g/mol. The highest BCUT2D eigenvalue weighted by Crippen LogP contribution is 2.29. The summed E-state index contributed by atoms with van der Waals surface area (Å²) in [6.45, 7) is 7.57. The van der Waals surface area contributed by atoms with E-state index in [1.165, 1.54) is 25.1 Å². The molecule has 7 heteroatoms. The molecule has 0 fully saturated rings. The number of nitrogens with zero attached hydrogens (tertiary/aromatic N) is 1. The Morgan fingerprint density at radius 3 is 2.52 bits per heavy atom. The summed E-state index contributed by atoms with van der Waals surface area (Å²) >= 11 is 0. The average Bonchev–Trinajstić information content (AvgIpc) is 2.56. The summed E-state index contributed by atoms with van der Waals surface area (Å²) in [6.07, 6.45) is 4.12. The van der Waals surface area contributed by atoms with Crippen molar-refractivity contribution in [3.8, 4) is 0 Å². The van der Waals surface area contributed by atoms with E-state index < -0.39 is 17.8 Å². The minimum Gasteiger partial charge on any atom is -0.331 e. The smallest absolute Gasteiger partial charge is 0.319 e. The Bertz CT molecular complexity index is 803. The number of hydrogen-bond acceptors (Lipinski definition) is 3. The summed E-state index contributed by atoms with van der Waals surface area (Å²) in [5.41, 5.74) is 1.28. The lowest BCUT2D eigenvalue weighted by molar-refractivity contribution is -0.114. The van der Waals surface area contributed by atoms with E-state index in [0.717, 1.165) is 5.56 Å². The molecular weight excluding hydrogens is 347 g/mol. The topological polar surface area (TPSA) is 83.1 Å². The zero-order chi connectivity index (χ0) is 20.0. The first-order valence-corrected chi connectivity index (χ1v) is 8.68. The lowest BCUT2D eigenvalue weighted by atomic mass is 9.86. The van der Waals surface area contributed by atoms with E-state index in [2.05, 4.69) is 41.7 Å². The van der Waals surface area contributed by atoms with E-state index in [4.69, 9.17) is 0 Å². The second-order valence-electron chi connectivity index (χ2n) is 7.58. The van der Waals surface area contributed by atoms with Gasteiger partial charge in [0.25, 0.3) is 0 Å². The van der Waals surface area contributed by atoms with Gasteiger partial charge in [0.15, 0.2) is 0 Å². The normalized spacial score (nSPS) is 12.2. The molecular formula is C20H25FN4O2. The van der Waals surface area contributed by atoms with Crippen molar-refractivity contribution < 1.29 is 14.0 Å². The quantitative estimate of drug-likeness (QED) is 0.724. The van der Waals surface area contributed by atoms with Crippen molar-refractivity contribution >= 4 is 23.3 Å². The number of rotatable bonds is 5. The van der Waals surface area contributed by atoms with E-state index in [-0.39, 0.29) is 17.1 Å². The Hall–Kier alpha value is -2.96. The number of carbonyl (C=O) groups excluding carboxylic acids is 2. The molecule has 0 aliphatic rings. The summed E-state index contributed by atoms with van der Waals surface area (Å²) < 4.78 is 13.7. The van der Waals surface area contributed by atoms with Crippen molar-refractivity contribution in [2.45, 2.75) is 40.2 Å². The molecule has 0 saturated heterocycles. The fourth-order valence-electron chi connectivity index (χ4n) is 2.66. The van der Waals surface area contributed by atoms with Gasteiger partial charge in [-0.3, -0.25) is 9.78 Å². The first kappa shape index (κ1) is 20.4. The molecule has 0 aliphatic heterocycles. The molecule has 2 rings (SSSR count). The molecule has 27 heavy (non-hydrogen) atoms. The van der Waals surface area contributed by atoms with Gasteiger partial charge >= 0.3 is 6.03 Å². The van der Waals surface area contributed by atoms with Crippen molar-refractivity contribution in [3.63, 3.8) is 0 Å². The van der Waals surface area contributed by atoms with Crippen LogP contribution in [0, 0.1) is 11.2 Å². The van der Waals surface area contributed by atoms with Gasteiger partial charge in [0.05, 0.1) is 11.7 Å². The van der Waals surface area contributed by atoms with Crippen LogP contribution >= 0.6 is 0 Å². The van der Waals surface area contributed by atoms with Gasteiger partial charge < -0.3 is 16.0 Å². The Morgan fingerprint density at radius 2 is 1.93 bits per heavy atom. The fourth-order valence-corrected chi connectivity index (χ4v) is 2.66. The maximum atomic E-state index is 13.7. The minimum absolute atomic E-state index is 0.0117. The second kappa shape index (κ2) is 8.62. The average molecular weight is 372 g/mol. The third kappa shape index (κ3) is 6.69. The lowest BCUT2D eigenvalue weighted by Gasteiger charge is -2.27. The number of urea groups is 1. The fraction of sp³-hybridized carbons (Fsp3) is 0.350. The van der Waals surface area contributed by atoms with Crippen LogP contribution in [0.25, 0.3) is 0 Å². The molecule has 1 aromatic heterocycles. The minimum atomic E-state index is -0.572. The number of benzene rings is 1. The number of carbonyl (C=O) groups is 2. The molecule has 3 amide bonds. The van der Waals surface area contributed by atoms with Crippen LogP contribution < -0.4 is 16.0 Å². The molecule has 6 nitrogen and oxygen atoms in total. The van der Waals surface area contributed by atoms with Crippen LogP contribution in [0.5, 0.6) is 0 Å². The molecule has 1 unspecified atom stereocenters. The van der Waals surface area contributed by atoms with Crippen LogP contribution in [0.4, 0.5) is 20.6 Å². The Labute approximate surface area is 158 Å². The highest BCUT2D eigenvalue weighted by molar-refractivity contribution is 5.92. The zero-order valence-electron chi connectivity index (χ0n) is 16.0. The number of hydrogen-bond donors (Lipinski definition) is 3. The van der Waals surface area contributed by atoms with Gasteiger partial charge in [-0.2, -0.15) is 0 Å². The van der Waals surface area contributed by atoms with E-state index >= 15 is 0 Å². The predicted molar refractivity (Wildman–Crippen MR) is 104 cm³/mol. The number of amides is 3. The SMILES string of the molecule is CC(=O)Nc1cc(NC(=O)NC(CC(C)(C)C)c2cccnc2)ccc1F. The summed E-state index contributed by atoms with van der Waals surface area (Å²) in [5, 5.41) is 8.01. The Morgan fingerprint density at radius 1 is 1.19 bits per heavy atom. The summed E-state index contributed by atoms with van der Waals surface area (Å²) in [5.74, 6) is -0.963. The van der Waals surface area contributed by atoms with Crippen LogP contribution in [0.1, 0.15) is 45.7 Å². The Kier molecular flexibility index (Phi) is 6.50. The third-order valence-corrected chi connectivity index (χ3v) is 3.74. The van der Waals surface area contributed by atoms with Crippen LogP contribution in [0.3, 0.4) is 0 Å². The van der Waals surface area contributed by atoms with Crippen molar-refractivity contribution in [2.75, 3.05) is 10.6 Å². The molecule has 0 spiro atoms. The number of aromatic nitrogens is 1. The number of pyridine rings is 1. The van der Waals surface area contributed by atoms with Crippen molar-refractivity contribution in [1.82, 2.24) is 10.3 Å². The molecule has 2 aromatic rings. The van der Waals surface area contributed by atoms with Crippen molar-refractivity contribution in [3.05, 3.63) is 54.1 Å². The molecule has 1 aromatic carbocycles. The molecule has 1 heterocycles. The van der Waals surface area contributed by atoms with Crippen LogP contribution in [-0.4, -0.2) is 16.9 Å². The van der Waals surface area contributed by atoms with Gasteiger partial charge in [-0.25, -0.2) is 9.18 Å². The van der Waals surface area contributed by atoms with Gasteiger partial charge in [0.2, 0.25) is 5.91 Å². The maximum absolute atomic E-state index is 13.7. The molecule has 144 valence electrons. The van der Waals surface area contributed by atoms with E-state index in [1.54, 1.807) is 12.4 Å². The number of halogens is 1. The van der Waals surface area contributed by atoms with Gasteiger partial charge in [0.1, 0.15) is 5.82 Å². The highest BCUT2D eigenvalue weighted by atomic mass is 19.1. The van der Waals surface area contributed by atoms with Crippen LogP contribution in [-0.2, 0) is 4.79 Å². The summed E-state index contributed by atoms with van der Waals surface area (Å²) in [7, 11) is 0. The third-order valence-electron chi connectivity index (χ3n) is 3.74. The standard InChI is InChI=1S/C20H25FN4O2/c1-13(26)23-17-10-15(7-8-16(17)21)24-19(27)25-18(11-20(2,3)4)14-6-5-9-22-12-14/h5-10,12,18H,11H2,1-4H3,(H,23,26)(H2,24,25,27). The van der Waals surface area contributed by atoms with E-state index in [9.17, 15) is 14.0 Å². The van der Waals surface area contributed by atoms with Gasteiger partial charge in [0, 0.05) is 25.0 Å². The predicted octanol–water partition coefficient (Wildman–Crippen LogP) is 4.48. The van der Waals surface area contributed by atoms with Crippen molar-refractivity contribution in [2.24, 2.45) is 5.41 Å². The first-order valence-electron chi connectivity index (χ1n) is 8.68. The van der Waals surface area contributed by atoms with E-state index in [1.807, 2.05) is 12.1 Å². The van der Waals surface area contributed by atoms with Gasteiger partial charge in [-0.1, -0.05) is 26.8 Å². The van der Waals surface area contributed by atoms with Crippen molar-refractivity contribution in [1.29, 1.82) is 0 Å². The highest BCUT2D eigenvalue weighted by Gasteiger charge is 2.22. The molecule has 3 N–H and O–H groups in total. The first-order chi connectivity index (χ1) is 12.6. The van der Waals surface area contributed by atoms with Gasteiger partial charge in [-0.05, 0) is 41.7 Å². The summed E-state index contributed by atoms with van der Waals surface area (Å²) in [6, 6.07) is 7.08. The van der Waals surface area contributed by atoms with Gasteiger partial charge in [-0.15, -0.1) is 0 Å². The lowest BCUT2D eigenvalue weighted by Crippen LogP contribution is -2.34. The largest absolute Gasteiger partial charge is 0.331 e.